The van der Waals surface area contributed by atoms with Gasteiger partial charge in [-0.25, -0.2) is 15.3 Å². The van der Waals surface area contributed by atoms with Gasteiger partial charge in [-0.3, -0.25) is 0 Å². The van der Waals surface area contributed by atoms with Crippen LogP contribution in [0.2, 0.25) is 0 Å². The number of aliphatic carboxylic acids is 1. The number of hydrazine groups is 1. The number of nitrogens with two attached hydrogens (primary N) is 1. The molecule has 2 heterocycles. The summed E-state index contributed by atoms with van der Waals surface area (Å²) in [7, 11) is 0. The van der Waals surface area contributed by atoms with E-state index in [2.05, 4.69) is 10.6 Å². The number of fused-ring (bicyclic) bond motifs is 1. The number of carboxylic acids is 1. The number of alkyl halides is 3. The quantitative estimate of drug-likeness (QED) is 0.597. The van der Waals surface area contributed by atoms with E-state index in [9.17, 15) is 13.2 Å². The summed E-state index contributed by atoms with van der Waals surface area (Å²) in [6.45, 7) is 0. The topological polar surface area (TPSA) is 91.0 Å². The Kier molecular flexibility index (Phi) is 3.97. The summed E-state index contributed by atoms with van der Waals surface area (Å²) in [5.41, 5.74) is 10.1. The van der Waals surface area contributed by atoms with Crippen LogP contribution in [0.4, 0.5) is 13.2 Å². The summed E-state index contributed by atoms with van der Waals surface area (Å²) >= 11 is 0. The second kappa shape index (κ2) is 5.25. The maximum atomic E-state index is 10.6. The van der Waals surface area contributed by atoms with Gasteiger partial charge < -0.3 is 10.8 Å². The fraction of sp³-hybridized carbons (Fsp3) is 0.111. The minimum Gasteiger partial charge on any atom is -0.475 e. The number of hydrogen-bond donors (Lipinski definition) is 3. The van der Waals surface area contributed by atoms with E-state index in [1.165, 1.54) is 0 Å². The van der Waals surface area contributed by atoms with Crippen molar-refractivity contribution in [3.63, 3.8) is 0 Å². The number of hydrogen-bond acceptors (Lipinski definition) is 5. The summed E-state index contributed by atoms with van der Waals surface area (Å²) in [4.78, 5) is 8.90. The first-order valence-corrected chi connectivity index (χ1v) is 4.54. The van der Waals surface area contributed by atoms with Crippen molar-refractivity contribution in [2.24, 2.45) is 10.8 Å². The Morgan fingerprint density at radius 1 is 1.50 bits per heavy atom. The summed E-state index contributed by atoms with van der Waals surface area (Å²) in [5, 5.41) is 12.7. The van der Waals surface area contributed by atoms with Crippen LogP contribution in [0, 0.1) is 0 Å². The van der Waals surface area contributed by atoms with Crippen LogP contribution in [0.25, 0.3) is 0 Å². The van der Waals surface area contributed by atoms with Crippen LogP contribution in [0.3, 0.4) is 0 Å². The van der Waals surface area contributed by atoms with E-state index in [-0.39, 0.29) is 0 Å². The zero-order valence-corrected chi connectivity index (χ0v) is 8.85. The van der Waals surface area contributed by atoms with Gasteiger partial charge >= 0.3 is 12.1 Å². The van der Waals surface area contributed by atoms with Crippen LogP contribution in [0.1, 0.15) is 0 Å². The highest BCUT2D eigenvalue weighted by atomic mass is 19.4. The molecule has 6 nitrogen and oxygen atoms in total. The molecule has 0 aliphatic carbocycles. The third-order valence-corrected chi connectivity index (χ3v) is 1.72. The monoisotopic (exact) mass is 262 g/mol. The third kappa shape index (κ3) is 3.85. The molecule has 2 aliphatic heterocycles. The predicted octanol–water partition coefficient (Wildman–Crippen LogP) is 0.679. The van der Waals surface area contributed by atoms with Gasteiger partial charge in [-0.2, -0.15) is 18.3 Å². The van der Waals surface area contributed by atoms with Gasteiger partial charge in [-0.15, -0.1) is 0 Å². The number of halogens is 3. The van der Waals surface area contributed by atoms with Crippen molar-refractivity contribution in [1.82, 2.24) is 10.5 Å². The number of hydrazone groups is 1. The Hall–Kier alpha value is -2.45. The van der Waals surface area contributed by atoms with Gasteiger partial charge in [0.1, 0.15) is 0 Å². The Morgan fingerprint density at radius 2 is 2.11 bits per heavy atom. The third-order valence-electron chi connectivity index (χ3n) is 1.72. The molecule has 98 valence electrons. The zero-order chi connectivity index (χ0) is 13.8. The van der Waals surface area contributed by atoms with E-state index in [1.807, 2.05) is 18.2 Å². The number of allylic oxidation sites excluding steroid dienone is 4. The molecule has 0 aromatic carbocycles. The van der Waals surface area contributed by atoms with Gasteiger partial charge in [-0.1, -0.05) is 6.08 Å². The maximum Gasteiger partial charge on any atom is 0.490 e. The molecule has 0 atom stereocenters. The Balaban J connectivity index is 0.000000203. The molecule has 0 radical (unpaired) electrons. The van der Waals surface area contributed by atoms with Gasteiger partial charge in [0, 0.05) is 0 Å². The highest BCUT2D eigenvalue weighted by Crippen LogP contribution is 2.13. The summed E-state index contributed by atoms with van der Waals surface area (Å²) in [6.07, 6.45) is 4.09. The lowest BCUT2D eigenvalue weighted by atomic mass is 10.4. The normalized spacial score (nSPS) is 16.7. The van der Waals surface area contributed by atoms with E-state index in [4.69, 9.17) is 15.6 Å². The molecule has 0 fully saturated rings. The SMILES string of the molecule is NC1=CN2NN=CC2=CC=C1.O=C(O)C(F)(F)F. The molecule has 2 rings (SSSR count). The lowest BCUT2D eigenvalue weighted by molar-refractivity contribution is -0.192. The van der Waals surface area contributed by atoms with Gasteiger partial charge in [0.15, 0.2) is 0 Å². The molecule has 9 heteroatoms. The molecule has 0 spiro atoms. The van der Waals surface area contributed by atoms with Crippen LogP contribution >= 0.6 is 0 Å². The molecule has 18 heavy (non-hydrogen) atoms. The molecule has 0 saturated heterocycles. The van der Waals surface area contributed by atoms with Crippen LogP contribution in [-0.4, -0.2) is 28.5 Å². The van der Waals surface area contributed by atoms with Gasteiger partial charge in [0.05, 0.1) is 23.8 Å². The summed E-state index contributed by atoms with van der Waals surface area (Å²) < 4.78 is 31.7. The first-order valence-electron chi connectivity index (χ1n) is 4.54. The Bertz CT molecular complexity index is 451. The molecule has 0 bridgehead atoms. The number of rotatable bonds is 0. The van der Waals surface area contributed by atoms with Crippen molar-refractivity contribution < 1.29 is 23.1 Å². The van der Waals surface area contributed by atoms with E-state index in [1.54, 1.807) is 17.4 Å². The zero-order valence-electron chi connectivity index (χ0n) is 8.85. The first-order chi connectivity index (χ1) is 8.30. The molecule has 0 saturated carbocycles. The second-order valence-corrected chi connectivity index (χ2v) is 3.11. The van der Waals surface area contributed by atoms with E-state index in [0.717, 1.165) is 5.70 Å². The van der Waals surface area contributed by atoms with E-state index < -0.39 is 12.1 Å². The molecule has 2 aliphatic rings. The van der Waals surface area contributed by atoms with Gasteiger partial charge in [0.2, 0.25) is 0 Å². The molecule has 0 aromatic rings. The number of nitrogens with zero attached hydrogens (tertiary/aromatic N) is 2. The molecular formula is C9H9F3N4O2. The van der Waals surface area contributed by atoms with Crippen molar-refractivity contribution in [2.45, 2.75) is 6.18 Å². The van der Waals surface area contributed by atoms with Crippen LogP contribution in [0.15, 0.2) is 40.9 Å². The maximum absolute atomic E-state index is 10.6. The fourth-order valence-electron chi connectivity index (χ4n) is 0.954. The number of nitrogens with one attached hydrogen (secondary N) is 1. The average Bonchev–Trinajstić information content (AvgIpc) is 2.58. The highest BCUT2D eigenvalue weighted by molar-refractivity contribution is 5.80. The number of carboxylic acid groups (broad SMARTS) is 1. The minimum atomic E-state index is -5.08. The van der Waals surface area contributed by atoms with Crippen molar-refractivity contribution in [2.75, 3.05) is 0 Å². The lowest BCUT2D eigenvalue weighted by Crippen LogP contribution is -2.23. The largest absolute Gasteiger partial charge is 0.490 e. The molecule has 0 amide bonds. The van der Waals surface area contributed by atoms with E-state index >= 15 is 0 Å². The summed E-state index contributed by atoms with van der Waals surface area (Å²) in [6, 6.07) is 0. The summed E-state index contributed by atoms with van der Waals surface area (Å²) in [5.74, 6) is -2.76. The van der Waals surface area contributed by atoms with Crippen LogP contribution in [-0.2, 0) is 4.79 Å². The average molecular weight is 262 g/mol. The number of carbonyl (C=O) groups is 1. The van der Waals surface area contributed by atoms with Gasteiger partial charge in [-0.05, 0) is 12.2 Å². The van der Waals surface area contributed by atoms with Crippen LogP contribution < -0.4 is 11.3 Å². The molecule has 0 unspecified atom stereocenters. The Morgan fingerprint density at radius 3 is 2.67 bits per heavy atom. The van der Waals surface area contributed by atoms with E-state index in [0.29, 0.717) is 5.70 Å². The minimum absolute atomic E-state index is 0.703. The molecule has 0 aromatic heterocycles. The molecular weight excluding hydrogens is 253 g/mol. The van der Waals surface area contributed by atoms with Gasteiger partial charge in [0.25, 0.3) is 0 Å². The van der Waals surface area contributed by atoms with Crippen LogP contribution in [0.5, 0.6) is 0 Å². The van der Waals surface area contributed by atoms with Crippen molar-refractivity contribution in [3.8, 4) is 0 Å². The smallest absolute Gasteiger partial charge is 0.475 e. The second-order valence-electron chi connectivity index (χ2n) is 3.11. The van der Waals surface area contributed by atoms with Crippen molar-refractivity contribution >= 4 is 12.2 Å². The van der Waals surface area contributed by atoms with Crippen molar-refractivity contribution in [3.05, 3.63) is 35.8 Å². The Labute approximate surface area is 99.5 Å². The first kappa shape index (κ1) is 13.6. The lowest BCUT2D eigenvalue weighted by Gasteiger charge is -2.11. The highest BCUT2D eigenvalue weighted by Gasteiger charge is 2.38. The van der Waals surface area contributed by atoms with Crippen molar-refractivity contribution in [1.29, 1.82) is 0 Å². The predicted molar refractivity (Wildman–Crippen MR) is 56.7 cm³/mol. The fourth-order valence-corrected chi connectivity index (χ4v) is 0.954. The standard InChI is InChI=1S/C7H8N4.C2HF3O2/c8-6-2-1-3-7-4-9-10-11(7)5-6;3-2(4,5)1(6)7/h1-5,10H,8H2;(H,6,7). The molecule has 4 N–H and O–H groups in total.